The molecule has 1 aromatic rings. The van der Waals surface area contributed by atoms with Gasteiger partial charge in [-0.2, -0.15) is 0 Å². The van der Waals surface area contributed by atoms with Gasteiger partial charge < -0.3 is 9.47 Å². The van der Waals surface area contributed by atoms with Crippen molar-refractivity contribution in [3.63, 3.8) is 0 Å². The summed E-state index contributed by atoms with van der Waals surface area (Å²) in [5, 5.41) is 0. The van der Waals surface area contributed by atoms with Crippen LogP contribution in [-0.2, 0) is 16.1 Å². The van der Waals surface area contributed by atoms with E-state index in [2.05, 4.69) is 30.9 Å². The first-order chi connectivity index (χ1) is 8.25. The highest BCUT2D eigenvalue weighted by atomic mass is 16.7. The number of hydrogen-bond donors (Lipinski definition) is 0. The van der Waals surface area contributed by atoms with E-state index >= 15 is 0 Å². The Morgan fingerprint density at radius 2 is 1.94 bits per heavy atom. The maximum absolute atomic E-state index is 5.62. The van der Waals surface area contributed by atoms with E-state index < -0.39 is 0 Å². The van der Waals surface area contributed by atoms with Crippen molar-refractivity contribution in [2.45, 2.75) is 32.6 Å². The Morgan fingerprint density at radius 1 is 1.24 bits per heavy atom. The van der Waals surface area contributed by atoms with Gasteiger partial charge in [0.2, 0.25) is 0 Å². The summed E-state index contributed by atoms with van der Waals surface area (Å²) in [6, 6.07) is 10.8. The quantitative estimate of drug-likeness (QED) is 0.557. The average molecular weight is 235 g/mol. The summed E-state index contributed by atoms with van der Waals surface area (Å²) < 4.78 is 11.1. The zero-order chi connectivity index (χ0) is 12.1. The molecule has 0 radical (unpaired) electrons. The molecule has 0 spiro atoms. The predicted molar refractivity (Wildman–Crippen MR) is 67.7 cm³/mol. The first-order valence-corrected chi connectivity index (χ1v) is 6.23. The van der Waals surface area contributed by atoms with Gasteiger partial charge in [-0.3, -0.25) is 4.90 Å². The van der Waals surface area contributed by atoms with Crippen LogP contribution >= 0.6 is 0 Å². The van der Waals surface area contributed by atoms with Gasteiger partial charge >= 0.3 is 0 Å². The third-order valence-electron chi connectivity index (χ3n) is 3.11. The predicted octanol–water partition coefficient (Wildman–Crippen LogP) is 2.27. The van der Waals surface area contributed by atoms with Crippen LogP contribution in [0.2, 0.25) is 0 Å². The smallest absolute Gasteiger partial charge is 0.147 e. The highest BCUT2D eigenvalue weighted by molar-refractivity contribution is 5.13. The van der Waals surface area contributed by atoms with E-state index in [1.165, 1.54) is 5.56 Å². The van der Waals surface area contributed by atoms with E-state index in [9.17, 15) is 0 Å². The fourth-order valence-corrected chi connectivity index (χ4v) is 1.87. The van der Waals surface area contributed by atoms with Crippen LogP contribution in [-0.4, -0.2) is 36.9 Å². The van der Waals surface area contributed by atoms with Gasteiger partial charge in [0, 0.05) is 19.1 Å². The second-order valence-electron chi connectivity index (χ2n) is 4.79. The summed E-state index contributed by atoms with van der Waals surface area (Å²) in [6.45, 7) is 7.51. The van der Waals surface area contributed by atoms with E-state index in [4.69, 9.17) is 9.47 Å². The molecular weight excluding hydrogens is 214 g/mol. The zero-order valence-electron chi connectivity index (χ0n) is 10.6. The van der Waals surface area contributed by atoms with Gasteiger partial charge in [-0.25, -0.2) is 0 Å². The lowest BCUT2D eigenvalue weighted by Crippen LogP contribution is -2.55. The highest BCUT2D eigenvalue weighted by Crippen LogP contribution is 2.14. The van der Waals surface area contributed by atoms with Crippen LogP contribution in [0.5, 0.6) is 0 Å². The minimum absolute atomic E-state index is 0.355. The molecule has 1 fully saturated rings. The van der Waals surface area contributed by atoms with Gasteiger partial charge in [-0.05, 0) is 19.4 Å². The van der Waals surface area contributed by atoms with Crippen LogP contribution < -0.4 is 0 Å². The van der Waals surface area contributed by atoms with E-state index in [0.717, 1.165) is 13.1 Å². The van der Waals surface area contributed by atoms with Crippen molar-refractivity contribution in [1.82, 2.24) is 4.90 Å². The zero-order valence-corrected chi connectivity index (χ0v) is 10.6. The molecule has 1 aliphatic heterocycles. The monoisotopic (exact) mass is 235 g/mol. The van der Waals surface area contributed by atoms with Crippen LogP contribution in [0.25, 0.3) is 0 Å². The number of hydrogen-bond acceptors (Lipinski definition) is 3. The first kappa shape index (κ1) is 12.6. The first-order valence-electron chi connectivity index (χ1n) is 6.23. The van der Waals surface area contributed by atoms with E-state index in [1.807, 2.05) is 18.2 Å². The molecule has 0 amide bonds. The Labute approximate surface area is 103 Å². The molecule has 0 bridgehead atoms. The lowest BCUT2D eigenvalue weighted by atomic mass is 10.1. The van der Waals surface area contributed by atoms with E-state index in [0.29, 0.717) is 25.5 Å². The Bertz CT molecular complexity index is 320. The number of ether oxygens (including phenoxy) is 2. The maximum Gasteiger partial charge on any atom is 0.147 e. The van der Waals surface area contributed by atoms with Crippen LogP contribution in [0.4, 0.5) is 0 Å². The number of likely N-dealkylation sites (tertiary alicyclic amines) is 1. The molecule has 94 valence electrons. The van der Waals surface area contributed by atoms with Crippen molar-refractivity contribution in [3.8, 4) is 0 Å². The molecule has 0 aliphatic carbocycles. The van der Waals surface area contributed by atoms with Crippen molar-refractivity contribution in [3.05, 3.63) is 35.9 Å². The Hall–Kier alpha value is -0.900. The molecule has 2 rings (SSSR count). The molecule has 0 aromatic heterocycles. The van der Waals surface area contributed by atoms with Crippen molar-refractivity contribution >= 4 is 0 Å². The van der Waals surface area contributed by atoms with Crippen LogP contribution in [0, 0.1) is 0 Å². The third-order valence-corrected chi connectivity index (χ3v) is 3.11. The largest absolute Gasteiger partial charge is 0.351 e. The lowest BCUT2D eigenvalue weighted by Gasteiger charge is -2.41. The lowest BCUT2D eigenvalue weighted by molar-refractivity contribution is -0.144. The molecule has 1 heterocycles. The van der Waals surface area contributed by atoms with Crippen molar-refractivity contribution in [1.29, 1.82) is 0 Å². The fraction of sp³-hybridized carbons (Fsp3) is 0.571. The Balaban J connectivity index is 1.53. The molecule has 3 nitrogen and oxygen atoms in total. The van der Waals surface area contributed by atoms with E-state index in [1.54, 1.807) is 0 Å². The average Bonchev–Trinajstić information content (AvgIpc) is 2.27. The standard InChI is InChI=1S/C14H21NO2/c1-12(2)15-8-14(9-15)17-11-16-10-13-6-4-3-5-7-13/h3-7,12,14H,8-11H2,1-2H3. The van der Waals surface area contributed by atoms with Gasteiger partial charge in [0.05, 0.1) is 12.7 Å². The van der Waals surface area contributed by atoms with Crippen LogP contribution in [0.3, 0.4) is 0 Å². The molecule has 17 heavy (non-hydrogen) atoms. The molecular formula is C14H21NO2. The summed E-state index contributed by atoms with van der Waals surface area (Å²) >= 11 is 0. The second kappa shape index (κ2) is 6.15. The summed E-state index contributed by atoms with van der Waals surface area (Å²) in [7, 11) is 0. The minimum Gasteiger partial charge on any atom is -0.351 e. The molecule has 0 N–H and O–H groups in total. The molecule has 0 saturated carbocycles. The van der Waals surface area contributed by atoms with Gasteiger partial charge in [-0.1, -0.05) is 30.3 Å². The Kier molecular flexibility index (Phi) is 4.54. The van der Waals surface area contributed by atoms with Crippen LogP contribution in [0.15, 0.2) is 30.3 Å². The van der Waals surface area contributed by atoms with Crippen molar-refractivity contribution in [2.75, 3.05) is 19.9 Å². The number of rotatable bonds is 6. The molecule has 1 aliphatic rings. The molecule has 0 unspecified atom stereocenters. The summed E-state index contributed by atoms with van der Waals surface area (Å²) in [6.07, 6.45) is 0.355. The van der Waals surface area contributed by atoms with Crippen molar-refractivity contribution in [2.24, 2.45) is 0 Å². The number of nitrogens with zero attached hydrogens (tertiary/aromatic N) is 1. The maximum atomic E-state index is 5.62. The summed E-state index contributed by atoms with van der Waals surface area (Å²) in [5.41, 5.74) is 1.19. The summed E-state index contributed by atoms with van der Waals surface area (Å²) in [4.78, 5) is 2.39. The van der Waals surface area contributed by atoms with Gasteiger partial charge in [-0.15, -0.1) is 0 Å². The van der Waals surface area contributed by atoms with E-state index in [-0.39, 0.29) is 0 Å². The topological polar surface area (TPSA) is 21.7 Å². The third kappa shape index (κ3) is 3.80. The Morgan fingerprint density at radius 3 is 2.59 bits per heavy atom. The number of benzene rings is 1. The summed E-state index contributed by atoms with van der Waals surface area (Å²) in [5.74, 6) is 0. The van der Waals surface area contributed by atoms with Crippen LogP contribution in [0.1, 0.15) is 19.4 Å². The van der Waals surface area contributed by atoms with Crippen molar-refractivity contribution < 1.29 is 9.47 Å². The highest BCUT2D eigenvalue weighted by Gasteiger charge is 2.28. The fourth-order valence-electron chi connectivity index (χ4n) is 1.87. The molecule has 3 heteroatoms. The second-order valence-corrected chi connectivity index (χ2v) is 4.79. The minimum atomic E-state index is 0.355. The van der Waals surface area contributed by atoms with Gasteiger partial charge in [0.25, 0.3) is 0 Å². The van der Waals surface area contributed by atoms with Gasteiger partial charge in [0.15, 0.2) is 0 Å². The SMILES string of the molecule is CC(C)N1CC(OCOCc2ccccc2)C1. The van der Waals surface area contributed by atoms with Gasteiger partial charge in [0.1, 0.15) is 6.79 Å². The normalized spacial score (nSPS) is 17.4. The molecule has 1 aromatic carbocycles. The molecule has 1 saturated heterocycles. The molecule has 0 atom stereocenters.